The van der Waals surface area contributed by atoms with E-state index in [-0.39, 0.29) is 18.7 Å². The van der Waals surface area contributed by atoms with E-state index in [0.717, 1.165) is 24.4 Å². The van der Waals surface area contributed by atoms with Gasteiger partial charge < -0.3 is 20.1 Å². The molecule has 0 saturated heterocycles. The van der Waals surface area contributed by atoms with Gasteiger partial charge in [-0.2, -0.15) is 0 Å². The number of amides is 2. The summed E-state index contributed by atoms with van der Waals surface area (Å²) in [5.41, 5.74) is 0.936. The Hall–Kier alpha value is -2.35. The van der Waals surface area contributed by atoms with Gasteiger partial charge in [0.05, 0.1) is 12.6 Å². The molecule has 0 aliphatic heterocycles. The fraction of sp³-hybridized carbons (Fsp3) is 0.571. The third-order valence-electron chi connectivity index (χ3n) is 4.14. The summed E-state index contributed by atoms with van der Waals surface area (Å²) in [6.45, 7) is 7.99. The first kappa shape index (κ1) is 24.7. The molecule has 0 fully saturated rings. The SMILES string of the molecule is CN=CC(CCCCNC(=O)OCC[Si](C)(C)C)NC(=O)OCc1ccccc1. The molecule has 1 aromatic rings. The molecular weight excluding hydrogens is 386 g/mol. The van der Waals surface area contributed by atoms with Crippen molar-refractivity contribution in [3.8, 4) is 0 Å². The Morgan fingerprint density at radius 1 is 1.10 bits per heavy atom. The van der Waals surface area contributed by atoms with Gasteiger partial charge in [0.2, 0.25) is 0 Å². The molecule has 0 radical (unpaired) electrons. The molecule has 1 unspecified atom stereocenters. The van der Waals surface area contributed by atoms with Gasteiger partial charge in [-0.3, -0.25) is 4.99 Å². The average Bonchev–Trinajstić information content (AvgIpc) is 2.66. The number of aliphatic imine (C=N–C) groups is 1. The van der Waals surface area contributed by atoms with Crippen LogP contribution in [0, 0.1) is 0 Å². The van der Waals surface area contributed by atoms with Crippen molar-refractivity contribution in [2.45, 2.75) is 57.6 Å². The van der Waals surface area contributed by atoms with E-state index in [1.165, 1.54) is 0 Å². The van der Waals surface area contributed by atoms with Gasteiger partial charge in [-0.1, -0.05) is 50.0 Å². The lowest BCUT2D eigenvalue weighted by Crippen LogP contribution is -2.36. The van der Waals surface area contributed by atoms with Crippen LogP contribution in [-0.4, -0.2) is 52.7 Å². The van der Waals surface area contributed by atoms with Crippen LogP contribution in [-0.2, 0) is 16.1 Å². The summed E-state index contributed by atoms with van der Waals surface area (Å²) in [4.78, 5) is 27.6. The van der Waals surface area contributed by atoms with Gasteiger partial charge in [0.15, 0.2) is 0 Å². The van der Waals surface area contributed by atoms with Crippen molar-refractivity contribution in [3.63, 3.8) is 0 Å². The zero-order chi connectivity index (χ0) is 21.5. The standard InChI is InChI=1S/C21H35N3O4Si/c1-22-16-19(24-21(26)28-17-18-10-6-5-7-11-18)12-8-9-13-23-20(25)27-14-15-29(2,3)4/h5-7,10-11,16,19H,8-9,12-15,17H2,1-4H3,(H,23,25)(H,24,26). The number of hydrogen-bond donors (Lipinski definition) is 2. The lowest BCUT2D eigenvalue weighted by atomic mass is 10.1. The van der Waals surface area contributed by atoms with Crippen LogP contribution in [0.3, 0.4) is 0 Å². The van der Waals surface area contributed by atoms with Crippen molar-refractivity contribution in [1.29, 1.82) is 0 Å². The highest BCUT2D eigenvalue weighted by molar-refractivity contribution is 6.76. The van der Waals surface area contributed by atoms with Crippen LogP contribution in [0.1, 0.15) is 24.8 Å². The van der Waals surface area contributed by atoms with Crippen LogP contribution < -0.4 is 10.6 Å². The number of carbonyl (C=O) groups is 2. The Balaban J connectivity index is 2.18. The van der Waals surface area contributed by atoms with Crippen molar-refractivity contribution in [2.24, 2.45) is 4.99 Å². The highest BCUT2D eigenvalue weighted by Crippen LogP contribution is 2.07. The van der Waals surface area contributed by atoms with Gasteiger partial charge in [-0.15, -0.1) is 0 Å². The van der Waals surface area contributed by atoms with E-state index in [1.807, 2.05) is 30.3 Å². The predicted molar refractivity (Wildman–Crippen MR) is 119 cm³/mol. The van der Waals surface area contributed by atoms with Gasteiger partial charge in [-0.25, -0.2) is 9.59 Å². The van der Waals surface area contributed by atoms with E-state index < -0.39 is 14.2 Å². The number of benzene rings is 1. The van der Waals surface area contributed by atoms with Crippen LogP contribution >= 0.6 is 0 Å². The van der Waals surface area contributed by atoms with Crippen LogP contribution in [0.4, 0.5) is 9.59 Å². The van der Waals surface area contributed by atoms with E-state index in [4.69, 9.17) is 9.47 Å². The molecule has 0 bridgehead atoms. The van der Waals surface area contributed by atoms with Crippen molar-refractivity contribution in [1.82, 2.24) is 10.6 Å². The minimum absolute atomic E-state index is 0.202. The van der Waals surface area contributed by atoms with Crippen molar-refractivity contribution in [3.05, 3.63) is 35.9 Å². The fourth-order valence-corrected chi connectivity index (χ4v) is 3.18. The predicted octanol–water partition coefficient (Wildman–Crippen LogP) is 4.22. The molecule has 162 valence electrons. The Morgan fingerprint density at radius 3 is 2.48 bits per heavy atom. The summed E-state index contributed by atoms with van der Waals surface area (Å²) in [6.07, 6.45) is 3.19. The molecule has 29 heavy (non-hydrogen) atoms. The Morgan fingerprint density at radius 2 is 1.83 bits per heavy atom. The zero-order valence-corrected chi connectivity index (χ0v) is 19.1. The lowest BCUT2D eigenvalue weighted by Gasteiger charge is -2.16. The molecule has 0 saturated carbocycles. The maximum Gasteiger partial charge on any atom is 0.407 e. The molecule has 0 spiro atoms. The molecule has 1 atom stereocenters. The zero-order valence-electron chi connectivity index (χ0n) is 18.1. The van der Waals surface area contributed by atoms with E-state index >= 15 is 0 Å². The van der Waals surface area contributed by atoms with Crippen LogP contribution in [0.25, 0.3) is 0 Å². The second-order valence-corrected chi connectivity index (χ2v) is 13.7. The van der Waals surface area contributed by atoms with E-state index in [0.29, 0.717) is 19.6 Å². The molecule has 2 N–H and O–H groups in total. The molecule has 2 amide bonds. The molecular formula is C21H35N3O4Si. The number of rotatable bonds is 12. The monoisotopic (exact) mass is 421 g/mol. The van der Waals surface area contributed by atoms with Gasteiger partial charge in [0, 0.05) is 27.9 Å². The molecule has 1 rings (SSSR count). The molecule has 0 aliphatic rings. The number of hydrogen-bond acceptors (Lipinski definition) is 5. The summed E-state index contributed by atoms with van der Waals surface area (Å²) in [6, 6.07) is 10.3. The molecule has 1 aromatic carbocycles. The third kappa shape index (κ3) is 13.5. The van der Waals surface area contributed by atoms with Gasteiger partial charge in [-0.05, 0) is 30.9 Å². The molecule has 0 heterocycles. The molecule has 0 aromatic heterocycles. The number of nitrogens with zero attached hydrogens (tertiary/aromatic N) is 1. The number of unbranched alkanes of at least 4 members (excludes halogenated alkanes) is 1. The number of carbonyl (C=O) groups excluding carboxylic acids is 2. The van der Waals surface area contributed by atoms with E-state index in [9.17, 15) is 9.59 Å². The van der Waals surface area contributed by atoms with Crippen molar-refractivity contribution >= 4 is 26.5 Å². The summed E-state index contributed by atoms with van der Waals surface area (Å²) in [5.74, 6) is 0. The van der Waals surface area contributed by atoms with E-state index in [2.05, 4.69) is 35.3 Å². The first-order valence-electron chi connectivity index (χ1n) is 10.1. The Labute approximate surface area is 175 Å². The number of nitrogens with one attached hydrogen (secondary N) is 2. The minimum atomic E-state index is -1.19. The van der Waals surface area contributed by atoms with Crippen LogP contribution in [0.15, 0.2) is 35.3 Å². The second-order valence-electron chi connectivity index (χ2n) is 8.09. The van der Waals surface area contributed by atoms with Crippen molar-refractivity contribution in [2.75, 3.05) is 20.2 Å². The maximum absolute atomic E-state index is 12.0. The first-order chi connectivity index (χ1) is 13.8. The molecule has 7 nitrogen and oxygen atoms in total. The van der Waals surface area contributed by atoms with E-state index in [1.54, 1.807) is 13.3 Å². The largest absolute Gasteiger partial charge is 0.450 e. The normalized spacial score (nSPS) is 12.4. The summed E-state index contributed by atoms with van der Waals surface area (Å²) >= 11 is 0. The minimum Gasteiger partial charge on any atom is -0.450 e. The maximum atomic E-state index is 12.0. The topological polar surface area (TPSA) is 89.0 Å². The van der Waals surface area contributed by atoms with Crippen LogP contribution in [0.2, 0.25) is 25.7 Å². The molecule has 0 aliphatic carbocycles. The summed E-state index contributed by atoms with van der Waals surface area (Å²) in [5, 5.41) is 5.57. The third-order valence-corrected chi connectivity index (χ3v) is 5.85. The highest BCUT2D eigenvalue weighted by Gasteiger charge is 2.14. The highest BCUT2D eigenvalue weighted by atomic mass is 28.3. The Bertz CT molecular complexity index is 633. The Kier molecular flexibility index (Phi) is 11.7. The lowest BCUT2D eigenvalue weighted by molar-refractivity contribution is 0.138. The van der Waals surface area contributed by atoms with Gasteiger partial charge in [0.1, 0.15) is 6.61 Å². The van der Waals surface area contributed by atoms with Gasteiger partial charge in [0.25, 0.3) is 0 Å². The second kappa shape index (κ2) is 13.8. The fourth-order valence-electron chi connectivity index (χ4n) is 2.46. The number of ether oxygens (including phenoxy) is 2. The summed E-state index contributed by atoms with van der Waals surface area (Å²) in [7, 11) is 0.479. The van der Waals surface area contributed by atoms with Crippen molar-refractivity contribution < 1.29 is 19.1 Å². The van der Waals surface area contributed by atoms with Gasteiger partial charge >= 0.3 is 12.2 Å². The quantitative estimate of drug-likeness (QED) is 0.300. The first-order valence-corrected chi connectivity index (χ1v) is 13.8. The molecule has 8 heteroatoms. The van der Waals surface area contributed by atoms with Crippen LogP contribution in [0.5, 0.6) is 0 Å². The summed E-state index contributed by atoms with van der Waals surface area (Å²) < 4.78 is 10.4. The number of alkyl carbamates (subject to hydrolysis) is 2. The smallest absolute Gasteiger partial charge is 0.407 e. The average molecular weight is 422 g/mol.